The maximum absolute atomic E-state index is 13.9. The summed E-state index contributed by atoms with van der Waals surface area (Å²) in [4.78, 5) is 30.2. The molecule has 1 saturated carbocycles. The molecule has 2 fully saturated rings. The fourth-order valence-corrected chi connectivity index (χ4v) is 5.75. The van der Waals surface area contributed by atoms with Crippen molar-refractivity contribution in [3.8, 4) is 6.07 Å². The quantitative estimate of drug-likeness (QED) is 0.440. The summed E-state index contributed by atoms with van der Waals surface area (Å²) in [6, 6.07) is 8.98. The number of fused-ring (bicyclic) bond motifs is 1. The monoisotopic (exact) mass is 493 g/mol. The van der Waals surface area contributed by atoms with Gasteiger partial charge >= 0.3 is 5.76 Å². The van der Waals surface area contributed by atoms with Gasteiger partial charge in [0, 0.05) is 12.0 Å². The minimum atomic E-state index is -0.680. The number of rotatable bonds is 9. The number of anilines is 1. The van der Waals surface area contributed by atoms with Crippen LogP contribution in [-0.2, 0) is 4.79 Å². The van der Waals surface area contributed by atoms with Crippen molar-refractivity contribution in [3.63, 3.8) is 0 Å². The van der Waals surface area contributed by atoms with E-state index >= 15 is 0 Å². The molecule has 2 aromatic rings. The van der Waals surface area contributed by atoms with Gasteiger partial charge in [0.15, 0.2) is 0 Å². The van der Waals surface area contributed by atoms with Crippen LogP contribution in [0, 0.1) is 22.7 Å². The van der Waals surface area contributed by atoms with Crippen LogP contribution in [0.2, 0.25) is 0 Å². The molecule has 1 saturated heterocycles. The van der Waals surface area contributed by atoms with Crippen LogP contribution in [0.3, 0.4) is 0 Å². The number of hydrogen-bond donors (Lipinski definition) is 3. The van der Waals surface area contributed by atoms with Gasteiger partial charge in [-0.2, -0.15) is 10.2 Å². The summed E-state index contributed by atoms with van der Waals surface area (Å²) in [6.07, 6.45) is 8.85. The zero-order valence-electron chi connectivity index (χ0n) is 21.6. The normalized spacial score (nSPS) is 20.4. The van der Waals surface area contributed by atoms with E-state index in [1.54, 1.807) is 6.07 Å². The number of hydrogen-bond acceptors (Lipinski definition) is 7. The second kappa shape index (κ2) is 11.4. The number of nitriles is 1. The number of carbonyl (C=O) groups excluding carboxylic acids is 1. The zero-order valence-corrected chi connectivity index (χ0v) is 21.6. The molecular weight excluding hydrogens is 454 g/mol. The van der Waals surface area contributed by atoms with Crippen LogP contribution in [0.5, 0.6) is 0 Å². The first-order valence-electron chi connectivity index (χ1n) is 13.4. The number of piperidine rings is 1. The molecule has 4 rings (SSSR count). The number of unbranched alkanes of at least 4 members (excludes halogenated alkanes) is 1. The number of nitrogens with zero attached hydrogens (tertiary/aromatic N) is 2. The van der Waals surface area contributed by atoms with E-state index in [1.165, 1.54) is 0 Å². The van der Waals surface area contributed by atoms with E-state index in [0.717, 1.165) is 64.5 Å². The number of amides is 1. The number of carbonyl (C=O) groups is 1. The predicted molar refractivity (Wildman–Crippen MR) is 140 cm³/mol. The van der Waals surface area contributed by atoms with Gasteiger partial charge in [-0.05, 0) is 94.3 Å². The third kappa shape index (κ3) is 6.64. The summed E-state index contributed by atoms with van der Waals surface area (Å²) in [5, 5.41) is 19.9. The zero-order chi connectivity index (χ0) is 25.6. The van der Waals surface area contributed by atoms with Crippen LogP contribution in [-0.4, -0.2) is 35.6 Å². The molecule has 2 heterocycles. The fraction of sp³-hybridized carbons (Fsp3) is 0.643. The van der Waals surface area contributed by atoms with E-state index in [1.807, 2.05) is 18.2 Å². The van der Waals surface area contributed by atoms with Crippen molar-refractivity contribution in [3.05, 3.63) is 34.8 Å². The van der Waals surface area contributed by atoms with Crippen molar-refractivity contribution in [1.29, 1.82) is 5.26 Å². The lowest BCUT2D eigenvalue weighted by Gasteiger charge is -2.40. The van der Waals surface area contributed by atoms with Gasteiger partial charge < -0.3 is 20.4 Å². The molecule has 1 atom stereocenters. The molecule has 1 aliphatic carbocycles. The Bertz CT molecular complexity index is 1140. The minimum Gasteiger partial charge on any atom is -0.408 e. The molecule has 3 N–H and O–H groups in total. The molecule has 8 heteroatoms. The number of nitrogens with one attached hydrogen (secondary N) is 3. The fourth-order valence-electron chi connectivity index (χ4n) is 5.75. The van der Waals surface area contributed by atoms with E-state index in [-0.39, 0.29) is 11.4 Å². The van der Waals surface area contributed by atoms with Gasteiger partial charge in [0.1, 0.15) is 17.4 Å². The molecule has 0 bridgehead atoms. The van der Waals surface area contributed by atoms with Crippen molar-refractivity contribution in [1.82, 2.24) is 15.6 Å². The molecule has 1 amide bonds. The molecule has 1 aliphatic heterocycles. The predicted octanol–water partition coefficient (Wildman–Crippen LogP) is 4.51. The Morgan fingerprint density at radius 1 is 1.22 bits per heavy atom. The lowest BCUT2D eigenvalue weighted by Crippen LogP contribution is -2.57. The standard InChI is InChI=1S/C28H39N5O3/c1-27(2)12-9-20(10-13-27)19-22(31-24-21-7-3-4-8-23(21)36-26(35)32-24)25(34)33-28(11-5-6-16-29)14-17-30-18-15-28/h3-4,7-8,20,22,30H,5-6,9-15,17-19H2,1-2H3,(H,33,34)(H,31,32,35). The second-order valence-corrected chi connectivity index (χ2v) is 11.4. The number of para-hydroxylation sites is 1. The Morgan fingerprint density at radius 3 is 2.67 bits per heavy atom. The molecule has 8 nitrogen and oxygen atoms in total. The van der Waals surface area contributed by atoms with Gasteiger partial charge in [-0.1, -0.05) is 26.0 Å². The summed E-state index contributed by atoms with van der Waals surface area (Å²) in [5.41, 5.74) is 0.473. The number of aromatic nitrogens is 1. The lowest BCUT2D eigenvalue weighted by atomic mass is 9.71. The Balaban J connectivity index is 1.58. The largest absolute Gasteiger partial charge is 0.441 e. The average molecular weight is 494 g/mol. The molecule has 0 radical (unpaired) electrons. The highest BCUT2D eigenvalue weighted by Crippen LogP contribution is 2.40. The molecule has 0 spiro atoms. The molecule has 1 aromatic heterocycles. The average Bonchev–Trinajstić information content (AvgIpc) is 2.85. The third-order valence-electron chi connectivity index (χ3n) is 8.09. The summed E-state index contributed by atoms with van der Waals surface area (Å²) >= 11 is 0. The van der Waals surface area contributed by atoms with Crippen LogP contribution >= 0.6 is 0 Å². The SMILES string of the molecule is CC1(C)CCC(CC(Nc2nc(=O)oc3ccccc23)C(=O)NC2(CCCC#N)CCNCC2)CC1. The van der Waals surface area contributed by atoms with Gasteiger partial charge in [-0.25, -0.2) is 4.79 Å². The van der Waals surface area contributed by atoms with Crippen molar-refractivity contribution < 1.29 is 9.21 Å². The maximum atomic E-state index is 13.9. The van der Waals surface area contributed by atoms with Gasteiger partial charge in [-0.15, -0.1) is 0 Å². The molecule has 194 valence electrons. The molecular formula is C28H39N5O3. The van der Waals surface area contributed by atoms with Crippen LogP contribution in [0.4, 0.5) is 5.82 Å². The van der Waals surface area contributed by atoms with E-state index in [4.69, 9.17) is 9.68 Å². The second-order valence-electron chi connectivity index (χ2n) is 11.4. The minimum absolute atomic E-state index is 0.0576. The summed E-state index contributed by atoms with van der Waals surface area (Å²) < 4.78 is 5.27. The van der Waals surface area contributed by atoms with Gasteiger partial charge in [0.25, 0.3) is 0 Å². The Morgan fingerprint density at radius 2 is 1.94 bits per heavy atom. The van der Waals surface area contributed by atoms with E-state index in [0.29, 0.717) is 41.0 Å². The van der Waals surface area contributed by atoms with E-state index in [9.17, 15) is 9.59 Å². The summed E-state index contributed by atoms with van der Waals surface area (Å²) in [5.74, 6) is 0.0797. The van der Waals surface area contributed by atoms with Crippen LogP contribution in [0.25, 0.3) is 11.0 Å². The first kappa shape index (κ1) is 26.2. The van der Waals surface area contributed by atoms with Crippen LogP contribution in [0.1, 0.15) is 78.1 Å². The van der Waals surface area contributed by atoms with E-state index < -0.39 is 11.8 Å². The Hall–Kier alpha value is -2.92. The Labute approximate surface area is 213 Å². The molecule has 2 aliphatic rings. The lowest BCUT2D eigenvalue weighted by molar-refractivity contribution is -0.124. The van der Waals surface area contributed by atoms with Gasteiger partial charge in [-0.3, -0.25) is 4.79 Å². The summed E-state index contributed by atoms with van der Waals surface area (Å²) in [7, 11) is 0. The molecule has 1 aromatic carbocycles. The third-order valence-corrected chi connectivity index (χ3v) is 8.09. The molecule has 1 unspecified atom stereocenters. The van der Waals surface area contributed by atoms with Crippen molar-refractivity contribution in [2.75, 3.05) is 18.4 Å². The highest BCUT2D eigenvalue weighted by molar-refractivity contribution is 5.91. The van der Waals surface area contributed by atoms with E-state index in [2.05, 4.69) is 40.9 Å². The van der Waals surface area contributed by atoms with Gasteiger partial charge in [0.2, 0.25) is 5.91 Å². The Kier molecular flexibility index (Phi) is 8.30. The van der Waals surface area contributed by atoms with Gasteiger partial charge in [0.05, 0.1) is 11.5 Å². The van der Waals surface area contributed by atoms with Crippen molar-refractivity contribution in [2.45, 2.75) is 89.6 Å². The van der Waals surface area contributed by atoms with Crippen LogP contribution < -0.4 is 21.7 Å². The summed E-state index contributed by atoms with van der Waals surface area (Å²) in [6.45, 7) is 6.31. The molecule has 36 heavy (non-hydrogen) atoms. The first-order chi connectivity index (χ1) is 17.3. The highest BCUT2D eigenvalue weighted by atomic mass is 16.4. The smallest absolute Gasteiger partial charge is 0.408 e. The maximum Gasteiger partial charge on any atom is 0.441 e. The first-order valence-corrected chi connectivity index (χ1v) is 13.4. The van der Waals surface area contributed by atoms with Crippen molar-refractivity contribution >= 4 is 22.7 Å². The number of benzene rings is 1. The van der Waals surface area contributed by atoms with Crippen LogP contribution in [0.15, 0.2) is 33.5 Å². The topological polar surface area (TPSA) is 120 Å². The highest BCUT2D eigenvalue weighted by Gasteiger charge is 2.37. The van der Waals surface area contributed by atoms with Crippen molar-refractivity contribution in [2.24, 2.45) is 11.3 Å².